The summed E-state index contributed by atoms with van der Waals surface area (Å²) in [6.07, 6.45) is 1.17. The number of nitrogens with zero attached hydrogens (tertiary/aromatic N) is 1. The minimum atomic E-state index is -0.842. The van der Waals surface area contributed by atoms with Crippen LogP contribution in [-0.2, 0) is 9.53 Å². The molecule has 0 aliphatic rings. The van der Waals surface area contributed by atoms with Gasteiger partial charge in [0.05, 0.1) is 31.3 Å². The van der Waals surface area contributed by atoms with Gasteiger partial charge in [-0.25, -0.2) is 9.18 Å². The average molecular weight is 293 g/mol. The number of aromatic nitrogens is 1. The van der Waals surface area contributed by atoms with Crippen molar-refractivity contribution in [3.05, 3.63) is 29.7 Å². The minimum absolute atomic E-state index is 0.0607. The van der Waals surface area contributed by atoms with Crippen LogP contribution in [0.2, 0.25) is 0 Å². The van der Waals surface area contributed by atoms with Crippen LogP contribution in [0, 0.1) is 5.82 Å². The first kappa shape index (κ1) is 14.7. The quantitative estimate of drug-likeness (QED) is 0.807. The average Bonchev–Trinajstić information content (AvgIpc) is 2.46. The molecule has 0 radical (unpaired) electrons. The maximum absolute atomic E-state index is 14.4. The highest BCUT2D eigenvalue weighted by Gasteiger charge is 2.23. The summed E-state index contributed by atoms with van der Waals surface area (Å²) in [5, 5.41) is -0.125. The fourth-order valence-corrected chi connectivity index (χ4v) is 1.90. The van der Waals surface area contributed by atoms with Crippen molar-refractivity contribution in [2.45, 2.75) is 6.92 Å². The van der Waals surface area contributed by atoms with Gasteiger partial charge < -0.3 is 14.2 Å². The Kier molecular flexibility index (Phi) is 4.02. The Hall–Kier alpha value is -2.70. The molecule has 7 heteroatoms. The molecule has 1 aromatic heterocycles. The highest BCUT2D eigenvalue weighted by molar-refractivity contribution is 6.06. The van der Waals surface area contributed by atoms with E-state index in [-0.39, 0.29) is 28.0 Å². The van der Waals surface area contributed by atoms with Gasteiger partial charge in [-0.3, -0.25) is 9.78 Å². The molecule has 1 heterocycles. The molecular formula is C14H12FNO5. The molecule has 0 aliphatic heterocycles. The molecule has 0 N–H and O–H groups in total. The van der Waals surface area contributed by atoms with Gasteiger partial charge in [0.2, 0.25) is 0 Å². The van der Waals surface area contributed by atoms with E-state index >= 15 is 0 Å². The van der Waals surface area contributed by atoms with Gasteiger partial charge in [-0.05, 0) is 12.1 Å². The van der Waals surface area contributed by atoms with E-state index in [0.29, 0.717) is 0 Å². The van der Waals surface area contributed by atoms with Crippen molar-refractivity contribution in [2.24, 2.45) is 0 Å². The lowest BCUT2D eigenvalue weighted by Gasteiger charge is -2.12. The van der Waals surface area contributed by atoms with Crippen molar-refractivity contribution in [3.8, 4) is 11.5 Å². The SMILES string of the molecule is COC(=O)c1c(OC(C)=O)cnc2ccc(OC)c(F)c12. The molecule has 0 saturated carbocycles. The number of methoxy groups -OCH3 is 2. The summed E-state index contributed by atoms with van der Waals surface area (Å²) >= 11 is 0. The van der Waals surface area contributed by atoms with Crippen molar-refractivity contribution in [1.82, 2.24) is 4.98 Å². The largest absolute Gasteiger partial charge is 0.494 e. The molecule has 0 saturated heterocycles. The maximum atomic E-state index is 14.4. The molecular weight excluding hydrogens is 281 g/mol. The van der Waals surface area contributed by atoms with E-state index in [9.17, 15) is 14.0 Å². The van der Waals surface area contributed by atoms with E-state index in [1.807, 2.05) is 0 Å². The number of carbonyl (C=O) groups excluding carboxylic acids is 2. The molecule has 0 spiro atoms. The predicted octanol–water partition coefficient (Wildman–Crippen LogP) is 2.09. The third-order valence-corrected chi connectivity index (χ3v) is 2.76. The second-order valence-corrected chi connectivity index (χ2v) is 4.06. The standard InChI is InChI=1S/C14H12FNO5/c1-7(17)21-10-6-16-8-4-5-9(19-2)13(15)11(8)12(10)14(18)20-3/h4-6H,1-3H3. The van der Waals surface area contributed by atoms with E-state index in [0.717, 1.165) is 14.0 Å². The highest BCUT2D eigenvalue weighted by Crippen LogP contribution is 2.33. The maximum Gasteiger partial charge on any atom is 0.342 e. The van der Waals surface area contributed by atoms with Crippen LogP contribution in [-0.4, -0.2) is 31.1 Å². The van der Waals surface area contributed by atoms with Gasteiger partial charge in [-0.15, -0.1) is 0 Å². The number of rotatable bonds is 3. The molecule has 0 aliphatic carbocycles. The Morgan fingerprint density at radius 3 is 2.48 bits per heavy atom. The summed E-state index contributed by atoms with van der Waals surface area (Å²) in [6.45, 7) is 1.16. The fourth-order valence-electron chi connectivity index (χ4n) is 1.90. The monoisotopic (exact) mass is 293 g/mol. The van der Waals surface area contributed by atoms with Crippen LogP contribution in [0.25, 0.3) is 10.9 Å². The molecule has 2 rings (SSSR count). The summed E-state index contributed by atoms with van der Waals surface area (Å²) in [4.78, 5) is 27.0. The van der Waals surface area contributed by atoms with Gasteiger partial charge in [0.25, 0.3) is 0 Å². The van der Waals surface area contributed by atoms with Crippen LogP contribution >= 0.6 is 0 Å². The fraction of sp³-hybridized carbons (Fsp3) is 0.214. The van der Waals surface area contributed by atoms with E-state index in [1.54, 1.807) is 0 Å². The summed E-state index contributed by atoms with van der Waals surface area (Å²) in [5.41, 5.74) is -0.00120. The van der Waals surface area contributed by atoms with Crippen molar-refractivity contribution >= 4 is 22.8 Å². The number of carbonyl (C=O) groups is 2. The van der Waals surface area contributed by atoms with Gasteiger partial charge in [0, 0.05) is 6.92 Å². The number of ether oxygens (including phenoxy) is 3. The van der Waals surface area contributed by atoms with Gasteiger partial charge in [-0.1, -0.05) is 0 Å². The van der Waals surface area contributed by atoms with Gasteiger partial charge in [-0.2, -0.15) is 0 Å². The molecule has 2 aromatic rings. The highest BCUT2D eigenvalue weighted by atomic mass is 19.1. The first-order valence-electron chi connectivity index (χ1n) is 5.91. The third-order valence-electron chi connectivity index (χ3n) is 2.76. The summed E-state index contributed by atoms with van der Waals surface area (Å²) < 4.78 is 28.8. The zero-order valence-corrected chi connectivity index (χ0v) is 11.6. The van der Waals surface area contributed by atoms with Crippen LogP contribution in [0.4, 0.5) is 4.39 Å². The molecule has 0 fully saturated rings. The first-order chi connectivity index (χ1) is 9.99. The number of pyridine rings is 1. The first-order valence-corrected chi connectivity index (χ1v) is 5.91. The summed E-state index contributed by atoms with van der Waals surface area (Å²) in [5.74, 6) is -2.52. The number of hydrogen-bond donors (Lipinski definition) is 0. The molecule has 0 bridgehead atoms. The Morgan fingerprint density at radius 1 is 1.19 bits per heavy atom. The van der Waals surface area contributed by atoms with E-state index in [2.05, 4.69) is 9.72 Å². The second kappa shape index (κ2) is 5.74. The molecule has 110 valence electrons. The molecule has 0 unspecified atom stereocenters. The van der Waals surface area contributed by atoms with Crippen LogP contribution in [0.3, 0.4) is 0 Å². The minimum Gasteiger partial charge on any atom is -0.494 e. The van der Waals surface area contributed by atoms with E-state index in [1.165, 1.54) is 25.4 Å². The van der Waals surface area contributed by atoms with Crippen molar-refractivity contribution < 1.29 is 28.2 Å². The number of esters is 2. The zero-order valence-electron chi connectivity index (χ0n) is 11.6. The van der Waals surface area contributed by atoms with Crippen molar-refractivity contribution in [1.29, 1.82) is 0 Å². The predicted molar refractivity (Wildman–Crippen MR) is 70.9 cm³/mol. The van der Waals surface area contributed by atoms with Gasteiger partial charge in [0.15, 0.2) is 17.3 Å². The third kappa shape index (κ3) is 2.62. The topological polar surface area (TPSA) is 74.7 Å². The second-order valence-electron chi connectivity index (χ2n) is 4.06. The smallest absolute Gasteiger partial charge is 0.342 e. The lowest BCUT2D eigenvalue weighted by molar-refractivity contribution is -0.131. The number of fused-ring (bicyclic) bond motifs is 1. The van der Waals surface area contributed by atoms with Gasteiger partial charge in [0.1, 0.15) is 5.56 Å². The molecule has 21 heavy (non-hydrogen) atoms. The molecule has 0 amide bonds. The van der Waals surface area contributed by atoms with E-state index in [4.69, 9.17) is 9.47 Å². The van der Waals surface area contributed by atoms with Crippen LogP contribution in [0.15, 0.2) is 18.3 Å². The lowest BCUT2D eigenvalue weighted by atomic mass is 10.1. The van der Waals surface area contributed by atoms with Crippen LogP contribution in [0.1, 0.15) is 17.3 Å². The van der Waals surface area contributed by atoms with Crippen molar-refractivity contribution in [2.75, 3.05) is 14.2 Å². The number of hydrogen-bond acceptors (Lipinski definition) is 6. The Balaban J connectivity index is 2.85. The number of benzene rings is 1. The molecule has 6 nitrogen and oxygen atoms in total. The summed E-state index contributed by atoms with van der Waals surface area (Å²) in [6, 6.07) is 2.87. The lowest BCUT2D eigenvalue weighted by Crippen LogP contribution is -2.11. The van der Waals surface area contributed by atoms with Gasteiger partial charge >= 0.3 is 11.9 Å². The molecule has 1 aromatic carbocycles. The molecule has 0 atom stereocenters. The summed E-state index contributed by atoms with van der Waals surface area (Å²) in [7, 11) is 2.44. The Morgan fingerprint density at radius 2 is 1.90 bits per heavy atom. The Labute approximate surface area is 119 Å². The normalized spacial score (nSPS) is 10.3. The van der Waals surface area contributed by atoms with Crippen molar-refractivity contribution in [3.63, 3.8) is 0 Å². The van der Waals surface area contributed by atoms with Crippen LogP contribution < -0.4 is 9.47 Å². The van der Waals surface area contributed by atoms with Crippen LogP contribution in [0.5, 0.6) is 11.5 Å². The number of halogens is 1. The Bertz CT molecular complexity index is 729. The van der Waals surface area contributed by atoms with E-state index < -0.39 is 17.8 Å². The zero-order chi connectivity index (χ0) is 15.6.